The van der Waals surface area contributed by atoms with Gasteiger partial charge in [-0.25, -0.2) is 9.97 Å². The Labute approximate surface area is 156 Å². The van der Waals surface area contributed by atoms with Gasteiger partial charge < -0.3 is 10.1 Å². The minimum absolute atomic E-state index is 0.302. The first-order valence-electron chi connectivity index (χ1n) is 7.84. The van der Waals surface area contributed by atoms with Crippen molar-refractivity contribution in [3.8, 4) is 11.8 Å². The van der Waals surface area contributed by atoms with E-state index in [0.717, 1.165) is 35.1 Å². The molecule has 0 atom stereocenters. The van der Waals surface area contributed by atoms with Gasteiger partial charge in [0, 0.05) is 25.0 Å². The van der Waals surface area contributed by atoms with E-state index < -0.39 is 0 Å². The Bertz CT molecular complexity index is 857. The first-order valence-corrected chi connectivity index (χ1v) is 8.75. The Morgan fingerprint density at radius 2 is 2.12 bits per heavy atom. The molecule has 1 aromatic heterocycles. The van der Waals surface area contributed by atoms with Crippen molar-refractivity contribution >= 4 is 34.7 Å². The van der Waals surface area contributed by atoms with Gasteiger partial charge in [-0.15, -0.1) is 11.6 Å². The van der Waals surface area contributed by atoms with Crippen molar-refractivity contribution in [2.75, 3.05) is 24.9 Å². The van der Waals surface area contributed by atoms with Gasteiger partial charge in [-0.3, -0.25) is 0 Å². The predicted molar refractivity (Wildman–Crippen MR) is 99.4 cm³/mol. The molecule has 1 aromatic carbocycles. The number of nitrogens with one attached hydrogen (secondary N) is 1. The molecule has 5 nitrogen and oxygen atoms in total. The van der Waals surface area contributed by atoms with E-state index in [0.29, 0.717) is 34.8 Å². The molecule has 1 heterocycles. The van der Waals surface area contributed by atoms with Crippen molar-refractivity contribution in [2.24, 2.45) is 0 Å². The number of ether oxygens (including phenoxy) is 1. The van der Waals surface area contributed by atoms with Crippen molar-refractivity contribution < 1.29 is 4.74 Å². The number of benzene rings is 1. The number of hydrogen-bond donors (Lipinski definition) is 1. The van der Waals surface area contributed by atoms with Gasteiger partial charge in [0.25, 0.3) is 0 Å². The maximum Gasteiger partial charge on any atom is 0.222 e. The van der Waals surface area contributed by atoms with Crippen LogP contribution in [-0.4, -0.2) is 29.5 Å². The fraction of sp³-hybridized carbons (Fsp3) is 0.278. The topological polar surface area (TPSA) is 70.8 Å². The van der Waals surface area contributed by atoms with E-state index in [2.05, 4.69) is 27.4 Å². The zero-order chi connectivity index (χ0) is 17.8. The number of halogens is 2. The fourth-order valence-corrected chi connectivity index (χ4v) is 3.29. The minimum atomic E-state index is 0.302. The normalized spacial score (nSPS) is 12.8. The third kappa shape index (κ3) is 3.41. The van der Waals surface area contributed by atoms with Crippen LogP contribution in [0.1, 0.15) is 28.7 Å². The molecule has 0 saturated heterocycles. The van der Waals surface area contributed by atoms with Crippen LogP contribution in [0.4, 0.5) is 5.95 Å². The number of hydrogen-bond acceptors (Lipinski definition) is 5. The molecule has 1 N–H and O–H groups in total. The van der Waals surface area contributed by atoms with E-state index in [1.165, 1.54) is 0 Å². The highest BCUT2D eigenvalue weighted by atomic mass is 35.5. The third-order valence-electron chi connectivity index (χ3n) is 3.99. The van der Waals surface area contributed by atoms with Gasteiger partial charge in [-0.05, 0) is 35.6 Å². The molecule has 0 unspecified atom stereocenters. The lowest BCUT2D eigenvalue weighted by molar-refractivity contribution is 0.341. The van der Waals surface area contributed by atoms with E-state index in [4.69, 9.17) is 27.9 Å². The predicted octanol–water partition coefficient (Wildman–Crippen LogP) is 4.04. The lowest BCUT2D eigenvalue weighted by Crippen LogP contribution is -2.08. The van der Waals surface area contributed by atoms with E-state index in [-0.39, 0.29) is 0 Å². The van der Waals surface area contributed by atoms with Crippen LogP contribution >= 0.6 is 23.2 Å². The summed E-state index contributed by atoms with van der Waals surface area (Å²) in [5.74, 6) is 1.30. The molecular formula is C18H16Cl2N4O. The molecule has 25 heavy (non-hydrogen) atoms. The number of rotatable bonds is 5. The van der Waals surface area contributed by atoms with Gasteiger partial charge in [0.15, 0.2) is 5.75 Å². The van der Waals surface area contributed by atoms with Crippen LogP contribution in [0.15, 0.2) is 24.5 Å². The number of alkyl halides is 1. The molecule has 0 amide bonds. The highest BCUT2D eigenvalue weighted by Crippen LogP contribution is 2.41. The van der Waals surface area contributed by atoms with E-state index >= 15 is 0 Å². The quantitative estimate of drug-likeness (QED) is 0.799. The Hall–Kier alpha value is -2.29. The average Bonchev–Trinajstić information content (AvgIpc) is 2.66. The van der Waals surface area contributed by atoms with Gasteiger partial charge in [0.1, 0.15) is 12.7 Å². The van der Waals surface area contributed by atoms with Crippen LogP contribution in [-0.2, 0) is 6.42 Å². The Kier molecular flexibility index (Phi) is 5.42. The summed E-state index contributed by atoms with van der Waals surface area (Å²) in [4.78, 5) is 8.54. The number of fused-ring (bicyclic) bond motifs is 1. The largest absolute Gasteiger partial charge is 0.489 e. The van der Waals surface area contributed by atoms with Crippen LogP contribution in [0.2, 0.25) is 5.02 Å². The van der Waals surface area contributed by atoms with E-state index in [1.807, 2.05) is 6.07 Å². The van der Waals surface area contributed by atoms with Crippen LogP contribution in [0.3, 0.4) is 0 Å². The molecule has 0 bridgehead atoms. The van der Waals surface area contributed by atoms with Crippen molar-refractivity contribution in [3.05, 3.63) is 51.8 Å². The van der Waals surface area contributed by atoms with Crippen LogP contribution in [0.25, 0.3) is 5.57 Å². The first kappa shape index (κ1) is 17.5. The summed E-state index contributed by atoms with van der Waals surface area (Å²) in [6.45, 7) is 0.302. The first-order chi connectivity index (χ1) is 12.2. The maximum absolute atomic E-state index is 9.49. The van der Waals surface area contributed by atoms with Crippen molar-refractivity contribution in [1.82, 2.24) is 9.97 Å². The standard InChI is InChI=1S/C18H16Cl2N4O/c1-22-18-23-9-12(10-24-18)13-3-2-4-14-15(13)7-11(8-21)17(16(14)20)25-6-5-19/h3,7,9-10H,2,4-6H2,1H3,(H,22,23,24). The molecule has 0 fully saturated rings. The second kappa shape index (κ2) is 7.73. The minimum Gasteiger partial charge on any atom is -0.489 e. The van der Waals surface area contributed by atoms with Gasteiger partial charge in [-0.2, -0.15) is 5.26 Å². The number of aromatic nitrogens is 2. The summed E-state index contributed by atoms with van der Waals surface area (Å²) in [6.07, 6.45) is 7.28. The molecule has 0 saturated carbocycles. The zero-order valence-corrected chi connectivity index (χ0v) is 15.2. The second-order valence-electron chi connectivity index (χ2n) is 5.44. The molecule has 128 valence electrons. The zero-order valence-electron chi connectivity index (χ0n) is 13.6. The second-order valence-corrected chi connectivity index (χ2v) is 6.20. The summed E-state index contributed by atoms with van der Waals surface area (Å²) in [5.41, 5.74) is 4.15. The van der Waals surface area contributed by atoms with Gasteiger partial charge in [0.2, 0.25) is 5.95 Å². The Balaban J connectivity index is 2.09. The molecular weight excluding hydrogens is 359 g/mol. The van der Waals surface area contributed by atoms with Crippen LogP contribution in [0, 0.1) is 11.3 Å². The molecule has 1 aliphatic carbocycles. The summed E-state index contributed by atoms with van der Waals surface area (Å²) in [7, 11) is 1.77. The van der Waals surface area contributed by atoms with Crippen molar-refractivity contribution in [2.45, 2.75) is 12.8 Å². The highest BCUT2D eigenvalue weighted by molar-refractivity contribution is 6.33. The Morgan fingerprint density at radius 3 is 2.76 bits per heavy atom. The average molecular weight is 375 g/mol. The number of anilines is 1. The lowest BCUT2D eigenvalue weighted by Gasteiger charge is -2.22. The third-order valence-corrected chi connectivity index (χ3v) is 4.54. The van der Waals surface area contributed by atoms with Gasteiger partial charge >= 0.3 is 0 Å². The summed E-state index contributed by atoms with van der Waals surface area (Å²) >= 11 is 12.3. The van der Waals surface area contributed by atoms with Gasteiger partial charge in [-0.1, -0.05) is 17.7 Å². The number of nitrogens with zero attached hydrogens (tertiary/aromatic N) is 3. The number of allylic oxidation sites excluding steroid dienone is 1. The van der Waals surface area contributed by atoms with Crippen LogP contribution < -0.4 is 10.1 Å². The van der Waals surface area contributed by atoms with Crippen LogP contribution in [0.5, 0.6) is 5.75 Å². The molecule has 1 aliphatic rings. The molecule has 2 aromatic rings. The van der Waals surface area contributed by atoms with Crippen molar-refractivity contribution in [1.29, 1.82) is 5.26 Å². The summed E-state index contributed by atoms with van der Waals surface area (Å²) in [6, 6.07) is 3.99. The van der Waals surface area contributed by atoms with Gasteiger partial charge in [0.05, 0.1) is 16.5 Å². The molecule has 0 aliphatic heterocycles. The molecule has 7 heteroatoms. The Morgan fingerprint density at radius 1 is 1.36 bits per heavy atom. The monoisotopic (exact) mass is 374 g/mol. The van der Waals surface area contributed by atoms with E-state index in [1.54, 1.807) is 19.4 Å². The summed E-state index contributed by atoms with van der Waals surface area (Å²) < 4.78 is 5.61. The smallest absolute Gasteiger partial charge is 0.222 e. The highest BCUT2D eigenvalue weighted by Gasteiger charge is 2.23. The maximum atomic E-state index is 9.49. The number of nitriles is 1. The fourth-order valence-electron chi connectivity index (χ4n) is 2.86. The molecule has 3 rings (SSSR count). The van der Waals surface area contributed by atoms with E-state index in [9.17, 15) is 5.26 Å². The SMILES string of the molecule is CNc1ncc(C2=CCCc3c2cc(C#N)c(OCCCl)c3Cl)cn1. The molecule has 0 radical (unpaired) electrons. The van der Waals surface area contributed by atoms with Crippen molar-refractivity contribution in [3.63, 3.8) is 0 Å². The molecule has 0 spiro atoms. The lowest BCUT2D eigenvalue weighted by atomic mass is 9.86. The summed E-state index contributed by atoms with van der Waals surface area (Å²) in [5, 5.41) is 12.9.